The van der Waals surface area contributed by atoms with Crippen molar-refractivity contribution in [1.82, 2.24) is 9.29 Å². The molecule has 0 saturated carbocycles. The number of hydrogen-bond acceptors (Lipinski definition) is 7. The maximum Gasteiger partial charge on any atom is 0.235 e. The van der Waals surface area contributed by atoms with Gasteiger partial charge in [-0.25, -0.2) is 0 Å². The summed E-state index contributed by atoms with van der Waals surface area (Å²) in [6.45, 7) is 0.645. The lowest BCUT2D eigenvalue weighted by Gasteiger charge is -2.26. The van der Waals surface area contributed by atoms with Crippen LogP contribution < -0.4 is 14.2 Å². The lowest BCUT2D eigenvalue weighted by atomic mass is 10.3. The van der Waals surface area contributed by atoms with E-state index in [2.05, 4.69) is 4.98 Å². The molecule has 1 aromatic carbocycles. The van der Waals surface area contributed by atoms with Crippen LogP contribution in [0.1, 0.15) is 4.88 Å². The van der Waals surface area contributed by atoms with Crippen molar-refractivity contribution in [3.63, 3.8) is 0 Å². The van der Waals surface area contributed by atoms with E-state index in [-0.39, 0.29) is 30.3 Å². The van der Waals surface area contributed by atoms with Crippen LogP contribution in [0.15, 0.2) is 65.1 Å². The van der Waals surface area contributed by atoms with Gasteiger partial charge in [0.15, 0.2) is 16.1 Å². The molecule has 152 valence electrons. The van der Waals surface area contributed by atoms with Gasteiger partial charge in [-0.05, 0) is 35.7 Å². The molecular weight excluding hydrogens is 412 g/mol. The average molecular weight is 433 g/mol. The molecule has 0 spiro atoms. The molecule has 7 nitrogen and oxygen atoms in total. The molecule has 1 aliphatic rings. The van der Waals surface area contributed by atoms with E-state index in [0.717, 1.165) is 10.6 Å². The van der Waals surface area contributed by atoms with Crippen LogP contribution in [-0.2, 0) is 21.2 Å². The average Bonchev–Trinajstić information content (AvgIpc) is 3.22. The van der Waals surface area contributed by atoms with Gasteiger partial charge < -0.3 is 18.8 Å². The maximum absolute atomic E-state index is 13.2. The molecule has 9 heteroatoms. The van der Waals surface area contributed by atoms with Gasteiger partial charge in [-0.2, -0.15) is 0 Å². The Morgan fingerprint density at radius 2 is 2.07 bits per heavy atom. The van der Waals surface area contributed by atoms with E-state index >= 15 is 0 Å². The number of rotatable bonds is 6. The number of nitrogens with zero attached hydrogens (tertiary/aromatic N) is 2. The second-order valence-corrected chi connectivity index (χ2v) is 9.36. The number of benzene rings is 1. The van der Waals surface area contributed by atoms with Crippen molar-refractivity contribution in [1.29, 1.82) is 0 Å². The fraction of sp³-hybridized carbons (Fsp3) is 0.250. The molecule has 0 fully saturated rings. The van der Waals surface area contributed by atoms with E-state index < -0.39 is 16.5 Å². The maximum atomic E-state index is 13.2. The minimum absolute atomic E-state index is 0.0727. The van der Waals surface area contributed by atoms with Gasteiger partial charge in [0, 0.05) is 17.1 Å². The quantitative estimate of drug-likeness (QED) is 0.555. The van der Waals surface area contributed by atoms with Crippen LogP contribution in [0, 0.1) is 0 Å². The normalized spacial score (nSPS) is 21.7. The van der Waals surface area contributed by atoms with Gasteiger partial charge >= 0.3 is 0 Å². The molecule has 2 unspecified atom stereocenters. The standard InChI is InChI=1S/C20H20N2O5S2/c1-25-15-4-6-16(7-5-15)26-14-17-12-22(13-18-3-2-10-28-18)29(23,24)20-11-21-9-8-19(20)27-17/h2-11,17H,12-14H2,1H3. The van der Waals surface area contributed by atoms with E-state index in [1.807, 2.05) is 17.5 Å². The number of ether oxygens (including phenoxy) is 3. The monoisotopic (exact) mass is 432 g/mol. The molecule has 0 N–H and O–H groups in total. The molecule has 2 atom stereocenters. The van der Waals surface area contributed by atoms with E-state index in [1.165, 1.54) is 28.0 Å². The van der Waals surface area contributed by atoms with Crippen molar-refractivity contribution < 1.29 is 23.0 Å². The summed E-state index contributed by atoms with van der Waals surface area (Å²) < 4.78 is 44.8. The predicted molar refractivity (Wildman–Crippen MR) is 109 cm³/mol. The summed E-state index contributed by atoms with van der Waals surface area (Å²) in [5.74, 6) is 1.68. The molecule has 0 amide bonds. The number of methoxy groups -OCH3 is 1. The lowest BCUT2D eigenvalue weighted by Crippen LogP contribution is -2.42. The SMILES string of the molecule is COc1ccc(OCC2CN(Cc3cccs3)[S+](=O)([O-])c3cnccc3O2)cc1. The molecule has 3 aromatic rings. The van der Waals surface area contributed by atoms with Crippen molar-refractivity contribution in [2.24, 2.45) is 0 Å². The summed E-state index contributed by atoms with van der Waals surface area (Å²) in [7, 11) is -2.14. The number of thiophene rings is 1. The van der Waals surface area contributed by atoms with Crippen molar-refractivity contribution in [2.75, 3.05) is 20.3 Å². The van der Waals surface area contributed by atoms with E-state index in [4.69, 9.17) is 14.2 Å². The lowest BCUT2D eigenvalue weighted by molar-refractivity contribution is 0.110. The van der Waals surface area contributed by atoms with Crippen molar-refractivity contribution in [3.05, 3.63) is 65.1 Å². The topological polar surface area (TPSA) is 84.0 Å². The Labute approximate surface area is 174 Å². The zero-order valence-corrected chi connectivity index (χ0v) is 17.4. The molecule has 4 rings (SSSR count). The second kappa shape index (κ2) is 8.50. The van der Waals surface area contributed by atoms with Crippen LogP contribution in [0.2, 0.25) is 0 Å². The molecule has 29 heavy (non-hydrogen) atoms. The fourth-order valence-corrected chi connectivity index (χ4v) is 5.33. The van der Waals surface area contributed by atoms with Crippen molar-refractivity contribution >= 4 is 21.7 Å². The van der Waals surface area contributed by atoms with Crippen LogP contribution in [0.3, 0.4) is 0 Å². The Bertz CT molecular complexity index is 994. The second-order valence-electron chi connectivity index (χ2n) is 6.43. The first-order chi connectivity index (χ1) is 14.1. The summed E-state index contributed by atoms with van der Waals surface area (Å²) in [4.78, 5) is 5.00. The van der Waals surface area contributed by atoms with Crippen LogP contribution in [0.25, 0.3) is 0 Å². The Balaban J connectivity index is 1.56. The van der Waals surface area contributed by atoms with Crippen LogP contribution in [0.4, 0.5) is 0 Å². The zero-order valence-electron chi connectivity index (χ0n) is 15.7. The number of pyridine rings is 1. The van der Waals surface area contributed by atoms with Crippen molar-refractivity contribution in [2.45, 2.75) is 17.5 Å². The van der Waals surface area contributed by atoms with Gasteiger partial charge in [-0.3, -0.25) is 4.98 Å². The van der Waals surface area contributed by atoms with Gasteiger partial charge in [0.1, 0.15) is 24.2 Å². The Kier molecular flexibility index (Phi) is 5.81. The Morgan fingerprint density at radius 1 is 1.28 bits per heavy atom. The summed E-state index contributed by atoms with van der Waals surface area (Å²) in [6, 6.07) is 12.6. The van der Waals surface area contributed by atoms with Gasteiger partial charge in [0.2, 0.25) is 4.90 Å². The number of hydrogen-bond donors (Lipinski definition) is 0. The molecule has 0 saturated heterocycles. The molecular formula is C20H20N2O5S2. The summed E-state index contributed by atoms with van der Waals surface area (Å²) >= 11 is 1.51. The molecule has 0 aliphatic carbocycles. The largest absolute Gasteiger partial charge is 0.593 e. The highest BCUT2D eigenvalue weighted by Crippen LogP contribution is 2.35. The fourth-order valence-electron chi connectivity index (χ4n) is 3.01. The Hall–Kier alpha value is -2.46. The molecule has 0 radical (unpaired) electrons. The smallest absolute Gasteiger partial charge is 0.235 e. The minimum atomic E-state index is -3.74. The highest BCUT2D eigenvalue weighted by atomic mass is 32.3. The first-order valence-electron chi connectivity index (χ1n) is 8.96. The number of fused-ring (bicyclic) bond motifs is 1. The van der Waals surface area contributed by atoms with E-state index in [9.17, 15) is 8.76 Å². The Morgan fingerprint density at radius 3 is 2.79 bits per heavy atom. The van der Waals surface area contributed by atoms with Crippen LogP contribution in [-0.4, -0.2) is 40.2 Å². The van der Waals surface area contributed by atoms with Gasteiger partial charge in [-0.15, -0.1) is 15.6 Å². The summed E-state index contributed by atoms with van der Waals surface area (Å²) in [5.41, 5.74) is 0. The number of aromatic nitrogens is 1. The zero-order chi connectivity index (χ0) is 20.3. The highest BCUT2D eigenvalue weighted by Gasteiger charge is 2.40. The first kappa shape index (κ1) is 19.8. The van der Waals surface area contributed by atoms with E-state index in [1.54, 1.807) is 37.4 Å². The highest BCUT2D eigenvalue weighted by molar-refractivity contribution is 7.95. The van der Waals surface area contributed by atoms with Gasteiger partial charge in [-0.1, -0.05) is 10.3 Å². The molecule has 2 aromatic heterocycles. The van der Waals surface area contributed by atoms with Gasteiger partial charge in [0.05, 0.1) is 26.4 Å². The van der Waals surface area contributed by atoms with Crippen LogP contribution >= 0.6 is 11.3 Å². The predicted octanol–water partition coefficient (Wildman–Crippen LogP) is 3.40. The van der Waals surface area contributed by atoms with E-state index in [0.29, 0.717) is 5.75 Å². The van der Waals surface area contributed by atoms with Gasteiger partial charge in [0.25, 0.3) is 0 Å². The third kappa shape index (κ3) is 4.43. The summed E-state index contributed by atoms with van der Waals surface area (Å²) in [5, 5.41) is 1.93. The molecule has 1 aliphatic heterocycles. The first-order valence-corrected chi connectivity index (χ1v) is 11.3. The minimum Gasteiger partial charge on any atom is -0.593 e. The molecule has 3 heterocycles. The third-order valence-corrected chi connectivity index (χ3v) is 7.15. The summed E-state index contributed by atoms with van der Waals surface area (Å²) in [6.07, 6.45) is 2.37. The number of sulfonamides is 1. The van der Waals surface area contributed by atoms with Crippen molar-refractivity contribution in [3.8, 4) is 17.2 Å². The van der Waals surface area contributed by atoms with Crippen LogP contribution in [0.5, 0.6) is 17.2 Å². The molecule has 0 bridgehead atoms. The third-order valence-electron chi connectivity index (χ3n) is 4.47.